The van der Waals surface area contributed by atoms with Crippen LogP contribution in [0.1, 0.15) is 41.2 Å². The molecule has 206 valence electrons. The number of fused-ring (bicyclic) bond motifs is 2. The molecular weight excluding hydrogens is 527 g/mol. The van der Waals surface area contributed by atoms with E-state index in [0.717, 1.165) is 57.7 Å². The van der Waals surface area contributed by atoms with Crippen molar-refractivity contribution in [2.75, 3.05) is 38.2 Å². The summed E-state index contributed by atoms with van der Waals surface area (Å²) < 4.78 is 45.4. The van der Waals surface area contributed by atoms with Crippen LogP contribution in [0.15, 0.2) is 43.0 Å². The van der Waals surface area contributed by atoms with Gasteiger partial charge in [0.2, 0.25) is 0 Å². The first-order chi connectivity index (χ1) is 18.8. The largest absolute Gasteiger partial charge is 0.416 e. The summed E-state index contributed by atoms with van der Waals surface area (Å²) in [6.07, 6.45) is 4.17. The van der Waals surface area contributed by atoms with E-state index in [4.69, 9.17) is 4.74 Å². The van der Waals surface area contributed by atoms with Crippen molar-refractivity contribution in [3.8, 4) is 0 Å². The summed E-state index contributed by atoms with van der Waals surface area (Å²) in [5, 5.41) is 3.95. The van der Waals surface area contributed by atoms with Gasteiger partial charge in [0.25, 0.3) is 0 Å². The molecule has 4 heterocycles. The number of nitrogens with one attached hydrogen (secondary N) is 1. The summed E-state index contributed by atoms with van der Waals surface area (Å²) in [5.41, 5.74) is 2.29. The maximum Gasteiger partial charge on any atom is 0.416 e. The van der Waals surface area contributed by atoms with Crippen molar-refractivity contribution in [1.29, 1.82) is 0 Å². The summed E-state index contributed by atoms with van der Waals surface area (Å²) >= 11 is 1.98. The zero-order valence-corrected chi connectivity index (χ0v) is 22.2. The van der Waals surface area contributed by atoms with Gasteiger partial charge in [-0.15, -0.1) is 11.8 Å². The predicted molar refractivity (Wildman–Crippen MR) is 144 cm³/mol. The molecule has 2 saturated heterocycles. The number of thioether (sulfide) groups is 1. The van der Waals surface area contributed by atoms with E-state index in [9.17, 15) is 18.0 Å². The average molecular weight is 558 g/mol. The van der Waals surface area contributed by atoms with Crippen LogP contribution in [0, 0.1) is 5.92 Å². The summed E-state index contributed by atoms with van der Waals surface area (Å²) in [4.78, 5) is 28.2. The van der Waals surface area contributed by atoms with E-state index in [0.29, 0.717) is 28.5 Å². The number of Topliss-reactive ketones (excluding diaryl/α,β-unsaturated/α-hetero) is 1. The zero-order chi connectivity index (χ0) is 27.0. The van der Waals surface area contributed by atoms with Crippen LogP contribution in [0.2, 0.25) is 0 Å². The molecule has 0 bridgehead atoms. The number of alkyl halides is 3. The van der Waals surface area contributed by atoms with Gasteiger partial charge in [0.05, 0.1) is 24.2 Å². The normalized spacial score (nSPS) is 25.3. The number of carbonyl (C=O) groups excluding carboxylic acids is 1. The molecule has 7 nitrogen and oxygen atoms in total. The quantitative estimate of drug-likeness (QED) is 0.418. The highest BCUT2D eigenvalue weighted by atomic mass is 32.2. The number of pyridine rings is 1. The number of benzene rings is 1. The van der Waals surface area contributed by atoms with Crippen LogP contribution in [-0.4, -0.2) is 69.8 Å². The Morgan fingerprint density at radius 3 is 2.90 bits per heavy atom. The second-order valence-electron chi connectivity index (χ2n) is 10.6. The third kappa shape index (κ3) is 5.76. The van der Waals surface area contributed by atoms with Gasteiger partial charge in [-0.3, -0.25) is 14.7 Å². The standard InChI is InChI=1S/C28H30F3N5O2S/c29-28(30,31)19-2-3-24-23(10-19)27(35-16-34-24)33-12-21(37)9-18-13-36(20-6-8-38-15-20)14-26(18)39-25-4-1-17-11-32-7-5-22(17)25/h2-3,5,7,10-11,16,18,20,25-26H,1,4,6,8-9,12-15H2,(H,33,34,35)/t18?,20?,25?,26-/m0/s1. The highest BCUT2D eigenvalue weighted by Gasteiger charge is 2.40. The molecule has 3 unspecified atom stereocenters. The molecule has 11 heteroatoms. The van der Waals surface area contributed by atoms with Crippen LogP contribution < -0.4 is 5.32 Å². The molecule has 2 aliphatic heterocycles. The minimum Gasteiger partial charge on any atom is -0.380 e. The molecule has 0 saturated carbocycles. The maximum atomic E-state index is 13.3. The van der Waals surface area contributed by atoms with Crippen molar-refractivity contribution >= 4 is 34.3 Å². The molecule has 1 aliphatic carbocycles. The van der Waals surface area contributed by atoms with Gasteiger partial charge in [-0.2, -0.15) is 13.2 Å². The number of nitrogens with zero attached hydrogens (tertiary/aromatic N) is 4. The highest BCUT2D eigenvalue weighted by molar-refractivity contribution is 8.00. The first-order valence-corrected chi connectivity index (χ1v) is 14.3. The lowest BCUT2D eigenvalue weighted by Crippen LogP contribution is -2.34. The van der Waals surface area contributed by atoms with E-state index in [-0.39, 0.29) is 29.4 Å². The molecular formula is C28H30F3N5O2S. The number of likely N-dealkylation sites (tertiary alicyclic amines) is 1. The fourth-order valence-electron chi connectivity index (χ4n) is 6.01. The number of hydrogen-bond donors (Lipinski definition) is 1. The molecule has 1 N–H and O–H groups in total. The van der Waals surface area contributed by atoms with E-state index in [1.54, 1.807) is 0 Å². The van der Waals surface area contributed by atoms with Gasteiger partial charge in [-0.25, -0.2) is 9.97 Å². The first-order valence-electron chi connectivity index (χ1n) is 13.3. The SMILES string of the molecule is O=C(CNc1ncnc2ccc(C(F)(F)F)cc12)CC1CN(C2CCOC2)C[C@@H]1SC1CCc2cnccc21. The van der Waals surface area contributed by atoms with Gasteiger partial charge < -0.3 is 10.1 Å². The van der Waals surface area contributed by atoms with Crippen molar-refractivity contribution in [2.45, 2.75) is 48.4 Å². The number of halogens is 3. The van der Waals surface area contributed by atoms with Gasteiger partial charge in [-0.1, -0.05) is 0 Å². The highest BCUT2D eigenvalue weighted by Crippen LogP contribution is 2.47. The van der Waals surface area contributed by atoms with Crippen molar-refractivity contribution in [3.05, 3.63) is 59.7 Å². The lowest BCUT2D eigenvalue weighted by molar-refractivity contribution is -0.137. The van der Waals surface area contributed by atoms with Crippen LogP contribution in [0.25, 0.3) is 10.9 Å². The summed E-state index contributed by atoms with van der Waals surface area (Å²) in [5.74, 6) is 0.442. The number of anilines is 1. The Kier molecular flexibility index (Phi) is 7.47. The van der Waals surface area contributed by atoms with Crippen LogP contribution in [-0.2, 0) is 22.1 Å². The van der Waals surface area contributed by atoms with Gasteiger partial charge >= 0.3 is 6.18 Å². The second-order valence-corrected chi connectivity index (χ2v) is 12.0. The summed E-state index contributed by atoms with van der Waals surface area (Å²) in [7, 11) is 0. The third-order valence-corrected chi connectivity index (χ3v) is 9.74. The summed E-state index contributed by atoms with van der Waals surface area (Å²) in [6.45, 7) is 3.29. The van der Waals surface area contributed by atoms with E-state index in [2.05, 4.69) is 31.2 Å². The minimum atomic E-state index is -4.47. The number of hydrogen-bond acceptors (Lipinski definition) is 8. The molecule has 2 aromatic heterocycles. The molecule has 0 spiro atoms. The minimum absolute atomic E-state index is 0.000711. The Hall–Kier alpha value is -2.76. The van der Waals surface area contributed by atoms with Gasteiger partial charge in [-0.05, 0) is 60.6 Å². The number of aromatic nitrogens is 3. The maximum absolute atomic E-state index is 13.3. The first kappa shape index (κ1) is 26.5. The van der Waals surface area contributed by atoms with Crippen LogP contribution in [0.5, 0.6) is 0 Å². The van der Waals surface area contributed by atoms with Gasteiger partial charge in [0, 0.05) is 60.4 Å². The fraction of sp³-hybridized carbons (Fsp3) is 0.500. The van der Waals surface area contributed by atoms with Gasteiger partial charge in [0.1, 0.15) is 12.1 Å². The van der Waals surface area contributed by atoms with Crippen LogP contribution >= 0.6 is 11.8 Å². The Morgan fingerprint density at radius 2 is 2.08 bits per heavy atom. The molecule has 0 radical (unpaired) electrons. The number of ketones is 1. The Balaban J connectivity index is 1.14. The third-order valence-electron chi connectivity index (χ3n) is 8.04. The predicted octanol–water partition coefficient (Wildman–Crippen LogP) is 4.92. The molecule has 3 aliphatic rings. The van der Waals surface area contributed by atoms with Gasteiger partial charge in [0.15, 0.2) is 5.78 Å². The van der Waals surface area contributed by atoms with E-state index in [1.807, 2.05) is 24.2 Å². The van der Waals surface area contributed by atoms with Crippen LogP contribution in [0.3, 0.4) is 0 Å². The molecule has 2 fully saturated rings. The lowest BCUT2D eigenvalue weighted by Gasteiger charge is -2.23. The average Bonchev–Trinajstić information content (AvgIpc) is 3.68. The number of aryl methyl sites for hydroxylation is 1. The number of ether oxygens (including phenoxy) is 1. The van der Waals surface area contributed by atoms with Crippen molar-refractivity contribution in [3.63, 3.8) is 0 Å². The summed E-state index contributed by atoms with van der Waals surface area (Å²) in [6, 6.07) is 5.87. The molecule has 0 amide bonds. The van der Waals surface area contributed by atoms with E-state index >= 15 is 0 Å². The second kappa shape index (κ2) is 11.0. The molecule has 1 aromatic carbocycles. The van der Waals surface area contributed by atoms with Crippen molar-refractivity contribution in [2.24, 2.45) is 5.92 Å². The molecule has 4 atom stereocenters. The van der Waals surface area contributed by atoms with E-state index < -0.39 is 11.7 Å². The Labute approximate surface area is 228 Å². The topological polar surface area (TPSA) is 80.2 Å². The van der Waals surface area contributed by atoms with Crippen LogP contribution in [0.4, 0.5) is 19.0 Å². The Morgan fingerprint density at radius 1 is 1.18 bits per heavy atom. The molecule has 39 heavy (non-hydrogen) atoms. The Bertz CT molecular complexity index is 1350. The molecule has 6 rings (SSSR count). The monoisotopic (exact) mass is 557 g/mol. The number of carbonyl (C=O) groups is 1. The van der Waals surface area contributed by atoms with E-state index in [1.165, 1.54) is 23.5 Å². The van der Waals surface area contributed by atoms with Crippen molar-refractivity contribution < 1.29 is 22.7 Å². The fourth-order valence-corrected chi connectivity index (χ4v) is 7.74. The zero-order valence-electron chi connectivity index (χ0n) is 21.4. The number of rotatable bonds is 8. The smallest absolute Gasteiger partial charge is 0.380 e. The lowest BCUT2D eigenvalue weighted by atomic mass is 10.0. The molecule has 3 aromatic rings. The van der Waals surface area contributed by atoms with Crippen molar-refractivity contribution in [1.82, 2.24) is 19.9 Å².